The second kappa shape index (κ2) is 13.3. The van der Waals surface area contributed by atoms with Gasteiger partial charge in [0.05, 0.1) is 13.1 Å². The van der Waals surface area contributed by atoms with Crippen LogP contribution in [0, 0.1) is 39.9 Å². The van der Waals surface area contributed by atoms with Crippen LogP contribution in [0.1, 0.15) is 0 Å². The fourth-order valence-corrected chi connectivity index (χ4v) is 2.67. The normalized spacial score (nSPS) is 18.4. The third-order valence-corrected chi connectivity index (χ3v) is 3.83. The van der Waals surface area contributed by atoms with Crippen LogP contribution in [0.3, 0.4) is 0 Å². The summed E-state index contributed by atoms with van der Waals surface area (Å²) in [6.07, 6.45) is 0. The van der Waals surface area contributed by atoms with Crippen molar-refractivity contribution in [1.29, 1.82) is 0 Å². The van der Waals surface area contributed by atoms with Crippen molar-refractivity contribution in [2.75, 3.05) is 65.4 Å². The average molecular weight is 534 g/mol. The summed E-state index contributed by atoms with van der Waals surface area (Å²) in [6, 6.07) is 0. The molecule has 0 unspecified atom stereocenters. The maximum absolute atomic E-state index is 11.1. The summed E-state index contributed by atoms with van der Waals surface area (Å²) in [5.74, 6) is -4.41. The van der Waals surface area contributed by atoms with Crippen LogP contribution in [0.4, 0.5) is 0 Å². The first-order valence-corrected chi connectivity index (χ1v) is 7.99. The number of aliphatic carboxylic acids is 4. The first-order chi connectivity index (χ1) is 12.2. The Morgan fingerprint density at radius 3 is 1.04 bits per heavy atom. The van der Waals surface area contributed by atoms with Gasteiger partial charge in [-0.3, -0.25) is 29.0 Å². The van der Waals surface area contributed by atoms with E-state index in [-0.39, 0.29) is 79.2 Å². The Morgan fingerprint density at radius 2 is 0.778 bits per heavy atom. The molecule has 0 amide bonds. The van der Waals surface area contributed by atoms with E-state index in [1.807, 2.05) is 0 Å². The van der Waals surface area contributed by atoms with Gasteiger partial charge in [-0.15, -0.1) is 0 Å². The molecule has 1 heterocycles. The number of carbonyl (C=O) groups is 4. The predicted molar refractivity (Wildman–Crippen MR) is 86.6 cm³/mol. The van der Waals surface area contributed by atoms with Gasteiger partial charge in [0.1, 0.15) is 13.1 Å². The number of hydrogen-bond donors (Lipinski definition) is 4. The Morgan fingerprint density at radius 1 is 0.519 bits per heavy atom. The fourth-order valence-electron chi connectivity index (χ4n) is 2.67. The van der Waals surface area contributed by atoms with E-state index in [1.54, 1.807) is 9.80 Å². The molecule has 1 aliphatic rings. The van der Waals surface area contributed by atoms with Crippen LogP contribution >= 0.6 is 0 Å². The van der Waals surface area contributed by atoms with Crippen LogP contribution in [0.15, 0.2) is 0 Å². The molecule has 27 heavy (non-hydrogen) atoms. The number of hydrazine groups is 1. The van der Waals surface area contributed by atoms with Gasteiger partial charge >= 0.3 is 23.9 Å². The van der Waals surface area contributed by atoms with E-state index < -0.39 is 37.0 Å². The zero-order valence-electron chi connectivity index (χ0n) is 14.6. The minimum absolute atomic E-state index is 0. The van der Waals surface area contributed by atoms with Gasteiger partial charge in [0, 0.05) is 79.2 Å². The van der Waals surface area contributed by atoms with Gasteiger partial charge in [-0.25, -0.2) is 10.0 Å². The molecular weight excluding hydrogens is 509 g/mol. The zero-order valence-corrected chi connectivity index (χ0v) is 16.9. The van der Waals surface area contributed by atoms with Gasteiger partial charge in [0.15, 0.2) is 0 Å². The summed E-state index contributed by atoms with van der Waals surface area (Å²) >= 11 is 0. The summed E-state index contributed by atoms with van der Waals surface area (Å²) in [7, 11) is 0. The first-order valence-electron chi connectivity index (χ1n) is 7.99. The molecule has 1 fully saturated rings. The number of carboxylic acid groups (broad SMARTS) is 4. The van der Waals surface area contributed by atoms with Crippen molar-refractivity contribution in [1.82, 2.24) is 19.8 Å². The molecule has 0 aliphatic carbocycles. The third kappa shape index (κ3) is 11.5. The molecule has 0 spiro atoms. The second-order valence-electron chi connectivity index (χ2n) is 5.90. The maximum atomic E-state index is 11.1. The topological polar surface area (TPSA) is 162 Å². The Balaban J connectivity index is 0.00000676. The van der Waals surface area contributed by atoms with Crippen molar-refractivity contribution >= 4 is 23.9 Å². The van der Waals surface area contributed by atoms with Gasteiger partial charge in [-0.1, -0.05) is 0 Å². The van der Waals surface area contributed by atoms with Gasteiger partial charge in [0.25, 0.3) is 0 Å². The van der Waals surface area contributed by atoms with Gasteiger partial charge in [-0.05, 0) is 0 Å². The molecule has 1 rings (SSSR count). The smallest absolute Gasteiger partial charge is 0.319 e. The van der Waals surface area contributed by atoms with Gasteiger partial charge in [0.2, 0.25) is 0 Å². The number of nitrogens with zero attached hydrogens (tertiary/aromatic N) is 4. The van der Waals surface area contributed by atoms with Crippen molar-refractivity contribution in [2.24, 2.45) is 0 Å². The Hall–Kier alpha value is -0.955. The van der Waals surface area contributed by atoms with E-state index in [1.165, 1.54) is 10.0 Å². The molecule has 0 saturated carbocycles. The minimum Gasteiger partial charge on any atom is -0.480 e. The molecule has 12 nitrogen and oxygen atoms in total. The SMILES string of the molecule is O=C(O)CN1CCN(CC(=O)O)CCN(CC(=O)O)N(CC(=O)O)CC1.[Gd]. The minimum atomic E-state index is -1.15. The van der Waals surface area contributed by atoms with Crippen LogP contribution in [0.25, 0.3) is 0 Å². The van der Waals surface area contributed by atoms with E-state index in [0.29, 0.717) is 13.1 Å². The molecule has 156 valence electrons. The van der Waals surface area contributed by atoms with Crippen LogP contribution in [0.5, 0.6) is 0 Å². The molecule has 4 N–H and O–H groups in total. The maximum Gasteiger partial charge on any atom is 0.319 e. The number of carboxylic acids is 4. The monoisotopic (exact) mass is 534 g/mol. The summed E-state index contributed by atoms with van der Waals surface area (Å²) < 4.78 is 0. The van der Waals surface area contributed by atoms with Crippen molar-refractivity contribution in [3.63, 3.8) is 0 Å². The molecule has 0 aromatic carbocycles. The van der Waals surface area contributed by atoms with Gasteiger partial charge in [-0.2, -0.15) is 0 Å². The van der Waals surface area contributed by atoms with Crippen LogP contribution in [-0.4, -0.2) is 130 Å². The molecule has 13 heteroatoms. The Bertz CT molecular complexity index is 489. The molecule has 0 radical (unpaired) electrons. The molecule has 1 aliphatic heterocycles. The molecule has 1 saturated heterocycles. The van der Waals surface area contributed by atoms with Crippen molar-refractivity contribution in [3.05, 3.63) is 0 Å². The Kier molecular flexibility index (Phi) is 12.8. The quantitative estimate of drug-likeness (QED) is 0.259. The van der Waals surface area contributed by atoms with Crippen molar-refractivity contribution in [2.45, 2.75) is 0 Å². The second-order valence-corrected chi connectivity index (χ2v) is 5.90. The first kappa shape index (κ1) is 26.0. The molecule has 0 aromatic heterocycles. The van der Waals surface area contributed by atoms with Crippen LogP contribution in [-0.2, 0) is 19.2 Å². The largest absolute Gasteiger partial charge is 0.480 e. The third-order valence-electron chi connectivity index (χ3n) is 3.83. The van der Waals surface area contributed by atoms with Crippen LogP contribution in [0.2, 0.25) is 0 Å². The molecule has 0 atom stereocenters. The van der Waals surface area contributed by atoms with E-state index in [2.05, 4.69) is 0 Å². The molecular formula is C14H24GdN4O8. The fraction of sp³-hybridized carbons (Fsp3) is 0.714. The van der Waals surface area contributed by atoms with E-state index in [9.17, 15) is 19.2 Å². The van der Waals surface area contributed by atoms with E-state index >= 15 is 0 Å². The van der Waals surface area contributed by atoms with Crippen LogP contribution < -0.4 is 0 Å². The standard InChI is InChI=1S/C14H24N4O8.Gd/c19-11(20)7-15-1-2-16(8-12(21)22)4-6-18(10-14(25)26)17(5-3-15)9-13(23)24;/h1-10H2,(H,19,20)(H,21,22)(H,23,24)(H,25,26);. The van der Waals surface area contributed by atoms with Gasteiger partial charge < -0.3 is 20.4 Å². The van der Waals surface area contributed by atoms with E-state index in [4.69, 9.17) is 20.4 Å². The summed E-state index contributed by atoms with van der Waals surface area (Å²) in [5, 5.41) is 38.8. The molecule has 0 bridgehead atoms. The average Bonchev–Trinajstić information content (AvgIpc) is 2.49. The zero-order chi connectivity index (χ0) is 19.7. The van der Waals surface area contributed by atoms with Crippen molar-refractivity contribution < 1.29 is 79.5 Å². The predicted octanol–water partition coefficient (Wildman–Crippen LogP) is -2.54. The Labute approximate surface area is 187 Å². The number of hydrogen-bond acceptors (Lipinski definition) is 8. The summed E-state index contributed by atoms with van der Waals surface area (Å²) in [4.78, 5) is 47.4. The summed E-state index contributed by atoms with van der Waals surface area (Å²) in [6.45, 7) is -0.120. The summed E-state index contributed by atoms with van der Waals surface area (Å²) in [5.41, 5.74) is 0. The number of rotatable bonds is 8. The molecule has 0 aromatic rings. The van der Waals surface area contributed by atoms with E-state index in [0.717, 1.165) is 0 Å². The van der Waals surface area contributed by atoms with Crippen molar-refractivity contribution in [3.8, 4) is 0 Å².